The molecule has 0 aliphatic rings. The average molecular weight is 296 g/mol. The predicted octanol–water partition coefficient (Wildman–Crippen LogP) is 2.65. The number of hydrogen-bond donors (Lipinski definition) is 1. The summed E-state index contributed by atoms with van der Waals surface area (Å²) in [6.45, 7) is 2.35. The average Bonchev–Trinajstić information content (AvgIpc) is 2.54. The van der Waals surface area contributed by atoms with E-state index in [-0.39, 0.29) is 0 Å². The van der Waals surface area contributed by atoms with Crippen LogP contribution in [0.15, 0.2) is 28.7 Å². The molecule has 17 heavy (non-hydrogen) atoms. The third-order valence-electron chi connectivity index (χ3n) is 2.50. The first-order chi connectivity index (χ1) is 8.08. The highest BCUT2D eigenvalue weighted by molar-refractivity contribution is 9.10. The number of hydrogen-bond acceptors (Lipinski definition) is 3. The van der Waals surface area contributed by atoms with Gasteiger partial charge in [-0.1, -0.05) is 28.1 Å². The summed E-state index contributed by atoms with van der Waals surface area (Å²) < 4.78 is 8.38. The molecule has 2 N–H and O–H groups in total. The molecule has 4 nitrogen and oxygen atoms in total. The first-order valence-corrected chi connectivity index (χ1v) is 6.03. The van der Waals surface area contributed by atoms with Crippen molar-refractivity contribution in [3.05, 3.63) is 40.0 Å². The molecule has 0 bridgehead atoms. The minimum atomic E-state index is 0.483. The second kappa shape index (κ2) is 4.79. The summed E-state index contributed by atoms with van der Waals surface area (Å²) >= 11 is 3.39. The molecular formula is C12H14BrN3O. The van der Waals surface area contributed by atoms with Gasteiger partial charge >= 0.3 is 0 Å². The summed E-state index contributed by atoms with van der Waals surface area (Å²) in [4.78, 5) is 0. The largest absolute Gasteiger partial charge is 0.471 e. The van der Waals surface area contributed by atoms with Crippen LogP contribution in [-0.4, -0.2) is 9.78 Å². The van der Waals surface area contributed by atoms with Crippen LogP contribution in [0.4, 0.5) is 5.69 Å². The number of nitrogen functional groups attached to an aromatic ring is 1. The Labute approximate surface area is 109 Å². The monoisotopic (exact) mass is 295 g/mol. The topological polar surface area (TPSA) is 53.1 Å². The van der Waals surface area contributed by atoms with E-state index >= 15 is 0 Å². The molecule has 0 spiro atoms. The van der Waals surface area contributed by atoms with Crippen molar-refractivity contribution in [1.82, 2.24) is 9.78 Å². The van der Waals surface area contributed by atoms with Crippen molar-refractivity contribution in [3.8, 4) is 5.88 Å². The maximum atomic E-state index is 5.88. The summed E-state index contributed by atoms with van der Waals surface area (Å²) in [6.07, 6.45) is 0. The fourth-order valence-electron chi connectivity index (χ4n) is 1.56. The molecule has 0 saturated carbocycles. The minimum Gasteiger partial charge on any atom is -0.471 e. The fraction of sp³-hybridized carbons (Fsp3) is 0.250. The molecule has 2 aromatic rings. The van der Waals surface area contributed by atoms with Crippen molar-refractivity contribution in [2.45, 2.75) is 13.5 Å². The Balaban J connectivity index is 2.09. The molecule has 0 unspecified atom stereocenters. The summed E-state index contributed by atoms with van der Waals surface area (Å²) in [5.74, 6) is 0.616. The predicted molar refractivity (Wildman–Crippen MR) is 70.8 cm³/mol. The Morgan fingerprint density at radius 1 is 1.35 bits per heavy atom. The molecule has 1 heterocycles. The van der Waals surface area contributed by atoms with Crippen LogP contribution in [0.1, 0.15) is 11.3 Å². The highest BCUT2D eigenvalue weighted by Crippen LogP contribution is 2.24. The molecule has 2 rings (SSSR count). The van der Waals surface area contributed by atoms with Gasteiger partial charge in [0, 0.05) is 11.5 Å². The van der Waals surface area contributed by atoms with Crippen LogP contribution in [0.2, 0.25) is 0 Å². The number of ether oxygens (including phenoxy) is 1. The van der Waals surface area contributed by atoms with E-state index in [1.54, 1.807) is 4.68 Å². The molecule has 0 aliphatic carbocycles. The van der Waals surface area contributed by atoms with Gasteiger partial charge in [0.15, 0.2) is 0 Å². The summed E-state index contributed by atoms with van der Waals surface area (Å²) in [5, 5.41) is 4.20. The Hall–Kier alpha value is -1.49. The second-order valence-corrected chi connectivity index (χ2v) is 4.76. The zero-order valence-electron chi connectivity index (χ0n) is 9.77. The highest BCUT2D eigenvalue weighted by atomic mass is 79.9. The van der Waals surface area contributed by atoms with Crippen LogP contribution in [-0.2, 0) is 13.7 Å². The summed E-state index contributed by atoms with van der Waals surface area (Å²) in [7, 11) is 1.82. The van der Waals surface area contributed by atoms with Crippen molar-refractivity contribution >= 4 is 21.6 Å². The number of aromatic nitrogens is 2. The van der Waals surface area contributed by atoms with Crippen molar-refractivity contribution in [2.75, 3.05) is 5.73 Å². The standard InChI is InChI=1S/C12H14BrN3O/c1-8-11(14)12(16(2)15-8)17-7-9-3-5-10(13)6-4-9/h3-6H,7,14H2,1-2H3. The van der Waals surface area contributed by atoms with Crippen LogP contribution in [0, 0.1) is 6.92 Å². The van der Waals surface area contributed by atoms with E-state index in [9.17, 15) is 0 Å². The van der Waals surface area contributed by atoms with Crippen molar-refractivity contribution in [2.24, 2.45) is 7.05 Å². The summed E-state index contributed by atoms with van der Waals surface area (Å²) in [5.41, 5.74) is 8.36. The van der Waals surface area contributed by atoms with Gasteiger partial charge in [-0.15, -0.1) is 0 Å². The van der Waals surface area contributed by atoms with Gasteiger partial charge in [-0.3, -0.25) is 0 Å². The van der Waals surface area contributed by atoms with E-state index in [0.717, 1.165) is 15.7 Å². The van der Waals surface area contributed by atoms with Gasteiger partial charge in [0.05, 0.1) is 5.69 Å². The first-order valence-electron chi connectivity index (χ1n) is 5.24. The van der Waals surface area contributed by atoms with Crippen LogP contribution < -0.4 is 10.5 Å². The van der Waals surface area contributed by atoms with Gasteiger partial charge in [-0.2, -0.15) is 5.10 Å². The quantitative estimate of drug-likeness (QED) is 0.947. The van der Waals surface area contributed by atoms with Crippen molar-refractivity contribution in [3.63, 3.8) is 0 Å². The molecule has 0 radical (unpaired) electrons. The lowest BCUT2D eigenvalue weighted by atomic mass is 10.2. The number of nitrogens with zero attached hydrogens (tertiary/aromatic N) is 2. The van der Waals surface area contributed by atoms with Gasteiger partial charge in [-0.25, -0.2) is 4.68 Å². The van der Waals surface area contributed by atoms with Crippen LogP contribution in [0.3, 0.4) is 0 Å². The zero-order valence-corrected chi connectivity index (χ0v) is 11.4. The van der Waals surface area contributed by atoms with Crippen molar-refractivity contribution in [1.29, 1.82) is 0 Å². The van der Waals surface area contributed by atoms with E-state index in [4.69, 9.17) is 10.5 Å². The van der Waals surface area contributed by atoms with Gasteiger partial charge in [0.2, 0.25) is 5.88 Å². The van der Waals surface area contributed by atoms with Crippen LogP contribution >= 0.6 is 15.9 Å². The first kappa shape index (κ1) is 12.0. The fourth-order valence-corrected chi connectivity index (χ4v) is 1.82. The normalized spacial score (nSPS) is 10.5. The number of halogens is 1. The summed E-state index contributed by atoms with van der Waals surface area (Å²) in [6, 6.07) is 7.97. The SMILES string of the molecule is Cc1nn(C)c(OCc2ccc(Br)cc2)c1N. The van der Waals surface area contributed by atoms with E-state index < -0.39 is 0 Å². The lowest BCUT2D eigenvalue weighted by Crippen LogP contribution is -2.02. The van der Waals surface area contributed by atoms with Crippen LogP contribution in [0.5, 0.6) is 5.88 Å². The minimum absolute atomic E-state index is 0.483. The molecule has 1 aromatic heterocycles. The Morgan fingerprint density at radius 2 is 2.00 bits per heavy atom. The molecule has 0 saturated heterocycles. The van der Waals surface area contributed by atoms with E-state index in [1.807, 2.05) is 38.2 Å². The lowest BCUT2D eigenvalue weighted by molar-refractivity contribution is 0.280. The third kappa shape index (κ3) is 2.61. The maximum Gasteiger partial charge on any atom is 0.236 e. The smallest absolute Gasteiger partial charge is 0.236 e. The number of benzene rings is 1. The van der Waals surface area contributed by atoms with Gasteiger partial charge in [0.1, 0.15) is 12.3 Å². The maximum absolute atomic E-state index is 5.88. The molecule has 0 fully saturated rings. The highest BCUT2D eigenvalue weighted by Gasteiger charge is 2.11. The Kier molecular flexibility index (Phi) is 3.38. The second-order valence-electron chi connectivity index (χ2n) is 3.84. The zero-order chi connectivity index (χ0) is 12.4. The number of aryl methyl sites for hydroxylation is 2. The third-order valence-corrected chi connectivity index (χ3v) is 3.03. The van der Waals surface area contributed by atoms with Gasteiger partial charge in [0.25, 0.3) is 0 Å². The number of anilines is 1. The molecular weight excluding hydrogens is 282 g/mol. The molecule has 0 atom stereocenters. The molecule has 1 aromatic carbocycles. The molecule has 0 amide bonds. The molecule has 5 heteroatoms. The number of nitrogens with two attached hydrogens (primary N) is 1. The van der Waals surface area contributed by atoms with Crippen LogP contribution in [0.25, 0.3) is 0 Å². The Morgan fingerprint density at radius 3 is 2.53 bits per heavy atom. The van der Waals surface area contributed by atoms with Gasteiger partial charge < -0.3 is 10.5 Å². The van der Waals surface area contributed by atoms with E-state index in [0.29, 0.717) is 18.2 Å². The van der Waals surface area contributed by atoms with E-state index in [2.05, 4.69) is 21.0 Å². The van der Waals surface area contributed by atoms with Gasteiger partial charge in [-0.05, 0) is 24.6 Å². The molecule has 90 valence electrons. The van der Waals surface area contributed by atoms with Crippen molar-refractivity contribution < 1.29 is 4.74 Å². The molecule has 0 aliphatic heterocycles. The van der Waals surface area contributed by atoms with E-state index in [1.165, 1.54) is 0 Å². The Bertz CT molecular complexity index is 519. The lowest BCUT2D eigenvalue weighted by Gasteiger charge is -2.07. The number of rotatable bonds is 3.